The van der Waals surface area contributed by atoms with Gasteiger partial charge in [-0.2, -0.15) is 0 Å². The monoisotopic (exact) mass is 294 g/mol. The molecule has 0 heterocycles. The number of sulfonamides is 1. The molecule has 0 aromatic heterocycles. The van der Waals surface area contributed by atoms with Crippen LogP contribution in [0.15, 0.2) is 48.5 Å². The van der Waals surface area contributed by atoms with Crippen LogP contribution in [0, 0.1) is 5.82 Å². The van der Waals surface area contributed by atoms with Crippen molar-refractivity contribution in [1.29, 1.82) is 0 Å². The quantitative estimate of drug-likeness (QED) is 0.829. The second kappa shape index (κ2) is 6.02. The molecule has 6 heteroatoms. The fraction of sp³-hybridized carbons (Fsp3) is 0.143. The number of nitrogen functional groups attached to an aromatic ring is 1. The molecule has 0 radical (unpaired) electrons. The van der Waals surface area contributed by atoms with E-state index in [0.29, 0.717) is 11.3 Å². The smallest absolute Gasteiger partial charge is 0.216 e. The Balaban J connectivity index is 1.99. The van der Waals surface area contributed by atoms with Gasteiger partial charge in [0.15, 0.2) is 0 Å². The number of benzene rings is 2. The zero-order valence-electron chi connectivity index (χ0n) is 10.7. The maximum atomic E-state index is 12.7. The number of rotatable bonds is 5. The van der Waals surface area contributed by atoms with Crippen LogP contribution in [-0.2, 0) is 22.3 Å². The summed E-state index contributed by atoms with van der Waals surface area (Å²) in [7, 11) is -3.47. The first-order chi connectivity index (χ1) is 9.44. The van der Waals surface area contributed by atoms with E-state index in [1.54, 1.807) is 24.3 Å². The molecule has 0 spiro atoms. The highest BCUT2D eigenvalue weighted by Gasteiger charge is 2.11. The molecule has 0 fully saturated rings. The highest BCUT2D eigenvalue weighted by molar-refractivity contribution is 7.88. The second-order valence-electron chi connectivity index (χ2n) is 4.45. The summed E-state index contributed by atoms with van der Waals surface area (Å²) in [5.41, 5.74) is 7.53. The Bertz CT molecular complexity index is 685. The van der Waals surface area contributed by atoms with Crippen molar-refractivity contribution in [2.45, 2.75) is 12.3 Å². The molecule has 3 N–H and O–H groups in total. The van der Waals surface area contributed by atoms with Gasteiger partial charge in [0.1, 0.15) is 5.82 Å². The lowest BCUT2D eigenvalue weighted by Crippen LogP contribution is -2.24. The molecule has 4 nitrogen and oxygen atoms in total. The predicted octanol–water partition coefficient (Wildman–Crippen LogP) is 2.03. The Kier molecular flexibility index (Phi) is 4.36. The zero-order valence-corrected chi connectivity index (χ0v) is 11.5. The van der Waals surface area contributed by atoms with E-state index in [4.69, 9.17) is 5.73 Å². The number of nitrogens with one attached hydrogen (secondary N) is 1. The van der Waals surface area contributed by atoms with Crippen LogP contribution in [0.2, 0.25) is 0 Å². The summed E-state index contributed by atoms with van der Waals surface area (Å²) in [5, 5.41) is 0. The van der Waals surface area contributed by atoms with E-state index < -0.39 is 10.0 Å². The molecule has 0 aliphatic heterocycles. The Morgan fingerprint density at radius 2 is 1.75 bits per heavy atom. The van der Waals surface area contributed by atoms with Crippen LogP contribution in [0.1, 0.15) is 11.1 Å². The highest BCUT2D eigenvalue weighted by atomic mass is 32.2. The van der Waals surface area contributed by atoms with Crippen LogP contribution < -0.4 is 10.5 Å². The molecule has 2 aromatic rings. The molecule has 0 aliphatic rings. The number of nitrogens with two attached hydrogens (primary N) is 1. The van der Waals surface area contributed by atoms with Gasteiger partial charge in [0.25, 0.3) is 0 Å². The summed E-state index contributed by atoms with van der Waals surface area (Å²) < 4.78 is 39.1. The van der Waals surface area contributed by atoms with Crippen molar-refractivity contribution in [3.63, 3.8) is 0 Å². The molecule has 2 aromatic carbocycles. The first-order valence-electron chi connectivity index (χ1n) is 6.01. The van der Waals surface area contributed by atoms with Gasteiger partial charge >= 0.3 is 0 Å². The number of halogens is 1. The Labute approximate surface area is 117 Å². The van der Waals surface area contributed by atoms with Gasteiger partial charge in [-0.25, -0.2) is 17.5 Å². The largest absolute Gasteiger partial charge is 0.399 e. The van der Waals surface area contributed by atoms with E-state index in [9.17, 15) is 12.8 Å². The summed E-state index contributed by atoms with van der Waals surface area (Å²) in [5.74, 6) is -0.575. The minimum absolute atomic E-state index is 0.175. The van der Waals surface area contributed by atoms with Gasteiger partial charge in [0.05, 0.1) is 5.75 Å². The third-order valence-corrected chi connectivity index (χ3v) is 4.01. The van der Waals surface area contributed by atoms with E-state index in [1.807, 2.05) is 0 Å². The lowest BCUT2D eigenvalue weighted by Gasteiger charge is -2.07. The number of hydrogen-bond acceptors (Lipinski definition) is 3. The van der Waals surface area contributed by atoms with Crippen molar-refractivity contribution in [3.05, 3.63) is 65.5 Å². The lowest BCUT2D eigenvalue weighted by molar-refractivity contribution is 0.580. The second-order valence-corrected chi connectivity index (χ2v) is 6.26. The van der Waals surface area contributed by atoms with E-state index in [2.05, 4.69) is 4.72 Å². The maximum Gasteiger partial charge on any atom is 0.216 e. The van der Waals surface area contributed by atoms with Gasteiger partial charge < -0.3 is 5.73 Å². The molecule has 0 saturated heterocycles. The molecule has 106 valence electrons. The Hall–Kier alpha value is -1.92. The van der Waals surface area contributed by atoms with Gasteiger partial charge in [-0.05, 0) is 35.4 Å². The van der Waals surface area contributed by atoms with Crippen molar-refractivity contribution in [3.8, 4) is 0 Å². The van der Waals surface area contributed by atoms with Gasteiger partial charge in [0.2, 0.25) is 10.0 Å². The summed E-state index contributed by atoms with van der Waals surface area (Å²) >= 11 is 0. The first kappa shape index (κ1) is 14.5. The van der Waals surface area contributed by atoms with Crippen molar-refractivity contribution in [2.75, 3.05) is 5.73 Å². The van der Waals surface area contributed by atoms with Gasteiger partial charge in [-0.1, -0.05) is 24.3 Å². The number of hydrogen-bond donors (Lipinski definition) is 2. The molecule has 0 unspecified atom stereocenters. The van der Waals surface area contributed by atoms with E-state index in [-0.39, 0.29) is 18.1 Å². The molecule has 0 amide bonds. The minimum atomic E-state index is -3.47. The average molecular weight is 294 g/mol. The van der Waals surface area contributed by atoms with E-state index >= 15 is 0 Å². The summed E-state index contributed by atoms with van der Waals surface area (Å²) in [6.07, 6.45) is 0. The summed E-state index contributed by atoms with van der Waals surface area (Å²) in [6.45, 7) is 0.175. The third kappa shape index (κ3) is 4.32. The van der Waals surface area contributed by atoms with E-state index in [1.165, 1.54) is 24.3 Å². The fourth-order valence-corrected chi connectivity index (χ4v) is 2.87. The van der Waals surface area contributed by atoms with Gasteiger partial charge in [-0.3, -0.25) is 0 Å². The van der Waals surface area contributed by atoms with Crippen LogP contribution in [0.3, 0.4) is 0 Å². The third-order valence-electron chi connectivity index (χ3n) is 2.72. The summed E-state index contributed by atoms with van der Waals surface area (Å²) in [4.78, 5) is 0. The van der Waals surface area contributed by atoms with Crippen molar-refractivity contribution >= 4 is 15.7 Å². The number of anilines is 1. The van der Waals surface area contributed by atoms with Crippen molar-refractivity contribution in [2.24, 2.45) is 0 Å². The van der Waals surface area contributed by atoms with Crippen LogP contribution in [0.4, 0.5) is 10.1 Å². The molecule has 0 atom stereocenters. The van der Waals surface area contributed by atoms with Crippen molar-refractivity contribution in [1.82, 2.24) is 4.72 Å². The molecule has 0 aliphatic carbocycles. The standard InChI is InChI=1S/C14H15FN2O2S/c15-13-6-4-11(5-7-13)10-20(18,19)17-9-12-2-1-3-14(16)8-12/h1-8,17H,9-10,16H2. The van der Waals surface area contributed by atoms with Gasteiger partial charge in [-0.15, -0.1) is 0 Å². The Morgan fingerprint density at radius 3 is 2.40 bits per heavy atom. The van der Waals surface area contributed by atoms with Gasteiger partial charge in [0, 0.05) is 12.2 Å². The summed E-state index contributed by atoms with van der Waals surface area (Å²) in [6, 6.07) is 12.4. The normalized spacial score (nSPS) is 11.4. The molecular formula is C14H15FN2O2S. The average Bonchev–Trinajstić information content (AvgIpc) is 2.39. The first-order valence-corrected chi connectivity index (χ1v) is 7.66. The molecular weight excluding hydrogens is 279 g/mol. The molecule has 0 saturated carbocycles. The van der Waals surface area contributed by atoms with Crippen molar-refractivity contribution < 1.29 is 12.8 Å². The lowest BCUT2D eigenvalue weighted by atomic mass is 10.2. The highest BCUT2D eigenvalue weighted by Crippen LogP contribution is 2.09. The predicted molar refractivity (Wildman–Crippen MR) is 76.7 cm³/mol. The molecule has 0 bridgehead atoms. The fourth-order valence-electron chi connectivity index (χ4n) is 1.75. The topological polar surface area (TPSA) is 72.2 Å². The molecule has 20 heavy (non-hydrogen) atoms. The van der Waals surface area contributed by atoms with Crippen LogP contribution in [0.25, 0.3) is 0 Å². The van der Waals surface area contributed by atoms with Crippen LogP contribution in [-0.4, -0.2) is 8.42 Å². The van der Waals surface area contributed by atoms with Crippen LogP contribution >= 0.6 is 0 Å². The minimum Gasteiger partial charge on any atom is -0.399 e. The maximum absolute atomic E-state index is 12.7. The van der Waals surface area contributed by atoms with Crippen LogP contribution in [0.5, 0.6) is 0 Å². The zero-order chi connectivity index (χ0) is 14.6. The Morgan fingerprint density at radius 1 is 1.05 bits per heavy atom. The van der Waals surface area contributed by atoms with E-state index in [0.717, 1.165) is 5.56 Å². The molecule has 2 rings (SSSR count). The SMILES string of the molecule is Nc1cccc(CNS(=O)(=O)Cc2ccc(F)cc2)c1.